The lowest BCUT2D eigenvalue weighted by Gasteiger charge is -2.42. The molecule has 0 atom stereocenters. The van der Waals surface area contributed by atoms with Gasteiger partial charge in [0.15, 0.2) is 0 Å². The predicted octanol–water partition coefficient (Wildman–Crippen LogP) is 2.02. The van der Waals surface area contributed by atoms with Gasteiger partial charge in [-0.2, -0.15) is 0 Å². The van der Waals surface area contributed by atoms with Crippen molar-refractivity contribution in [3.63, 3.8) is 0 Å². The van der Waals surface area contributed by atoms with Crippen molar-refractivity contribution in [2.24, 2.45) is 0 Å². The van der Waals surface area contributed by atoms with Crippen molar-refractivity contribution in [2.75, 3.05) is 20.2 Å². The molecule has 0 unspecified atom stereocenters. The number of amides is 1. The van der Waals surface area contributed by atoms with Gasteiger partial charge in [-0.25, -0.2) is 0 Å². The second-order valence-corrected chi connectivity index (χ2v) is 6.03. The minimum absolute atomic E-state index is 0.0346. The third kappa shape index (κ3) is 4.36. The first kappa shape index (κ1) is 17.6. The summed E-state index contributed by atoms with van der Waals surface area (Å²) >= 11 is 5.89. The Bertz CT molecular complexity index is 587. The van der Waals surface area contributed by atoms with Crippen molar-refractivity contribution in [1.82, 2.24) is 10.2 Å². The van der Waals surface area contributed by atoms with E-state index >= 15 is 0 Å². The molecule has 1 aromatic carbocycles. The number of ether oxygens (including phenoxy) is 1. The molecule has 0 saturated heterocycles. The highest BCUT2D eigenvalue weighted by Crippen LogP contribution is 2.27. The highest BCUT2D eigenvalue weighted by atomic mass is 35.5. The maximum absolute atomic E-state index is 12.3. The molecular weight excluding hydrogens is 320 g/mol. The second kappa shape index (κ2) is 7.66. The van der Waals surface area contributed by atoms with Crippen molar-refractivity contribution in [2.45, 2.75) is 31.8 Å². The lowest BCUT2D eigenvalue weighted by atomic mass is 9.85. The molecule has 0 radical (unpaired) electrons. The van der Waals surface area contributed by atoms with E-state index in [9.17, 15) is 9.59 Å². The van der Waals surface area contributed by atoms with Crippen LogP contribution in [0.3, 0.4) is 0 Å². The smallest absolute Gasteiger partial charge is 0.317 e. The van der Waals surface area contributed by atoms with Crippen molar-refractivity contribution in [1.29, 1.82) is 0 Å². The van der Waals surface area contributed by atoms with Crippen molar-refractivity contribution in [3.05, 3.63) is 28.8 Å². The van der Waals surface area contributed by atoms with Crippen LogP contribution in [-0.2, 0) is 4.79 Å². The van der Waals surface area contributed by atoms with Gasteiger partial charge in [0.1, 0.15) is 5.75 Å². The Balaban J connectivity index is 1.90. The minimum Gasteiger partial charge on any atom is -0.496 e. The molecule has 1 aliphatic rings. The maximum atomic E-state index is 12.3. The van der Waals surface area contributed by atoms with Crippen LogP contribution in [0, 0.1) is 0 Å². The minimum atomic E-state index is -0.828. The Morgan fingerprint density at radius 1 is 1.43 bits per heavy atom. The summed E-state index contributed by atoms with van der Waals surface area (Å²) in [6.07, 6.45) is 1.51. The fourth-order valence-corrected chi connectivity index (χ4v) is 2.95. The number of methoxy groups -OCH3 is 1. The number of hydrogen-bond donors (Lipinski definition) is 2. The lowest BCUT2D eigenvalue weighted by Crippen LogP contribution is -2.54. The monoisotopic (exact) mass is 340 g/mol. The van der Waals surface area contributed by atoms with Gasteiger partial charge in [0.2, 0.25) is 0 Å². The third-order valence-corrected chi connectivity index (χ3v) is 4.35. The number of benzene rings is 1. The third-order valence-electron chi connectivity index (χ3n) is 4.12. The highest BCUT2D eigenvalue weighted by molar-refractivity contribution is 6.30. The molecule has 126 valence electrons. The molecule has 1 aromatic rings. The molecule has 23 heavy (non-hydrogen) atoms. The molecule has 0 bridgehead atoms. The molecular formula is C16H21ClN2O4. The summed E-state index contributed by atoms with van der Waals surface area (Å²) in [4.78, 5) is 25.1. The van der Waals surface area contributed by atoms with E-state index in [4.69, 9.17) is 21.4 Å². The molecule has 2 rings (SSSR count). The number of carbonyl (C=O) groups is 2. The SMILES string of the molecule is CCN(CC(=O)O)C1CC(NC(=O)c2ccc(Cl)cc2OC)C1. The highest BCUT2D eigenvalue weighted by Gasteiger charge is 2.35. The average molecular weight is 341 g/mol. The average Bonchev–Trinajstić information content (AvgIpc) is 2.47. The summed E-state index contributed by atoms with van der Waals surface area (Å²) in [7, 11) is 1.49. The van der Waals surface area contributed by atoms with Crippen LogP contribution in [0.25, 0.3) is 0 Å². The fraction of sp³-hybridized carbons (Fsp3) is 0.500. The molecule has 1 saturated carbocycles. The van der Waals surface area contributed by atoms with Gasteiger partial charge in [0, 0.05) is 17.1 Å². The number of carboxylic acids is 1. The van der Waals surface area contributed by atoms with Gasteiger partial charge in [0.25, 0.3) is 5.91 Å². The van der Waals surface area contributed by atoms with E-state index in [2.05, 4.69) is 5.32 Å². The van der Waals surface area contributed by atoms with Crippen LogP contribution in [0.5, 0.6) is 5.75 Å². The summed E-state index contributed by atoms with van der Waals surface area (Å²) < 4.78 is 5.18. The molecule has 2 N–H and O–H groups in total. The van der Waals surface area contributed by atoms with Gasteiger partial charge in [0.05, 0.1) is 19.2 Å². The number of hydrogen-bond acceptors (Lipinski definition) is 4. The van der Waals surface area contributed by atoms with E-state index in [0.717, 1.165) is 12.8 Å². The number of carboxylic acid groups (broad SMARTS) is 1. The van der Waals surface area contributed by atoms with Gasteiger partial charge in [-0.1, -0.05) is 18.5 Å². The van der Waals surface area contributed by atoms with Gasteiger partial charge in [-0.05, 0) is 37.6 Å². The zero-order valence-electron chi connectivity index (χ0n) is 13.2. The van der Waals surface area contributed by atoms with Crippen LogP contribution in [-0.4, -0.2) is 54.2 Å². The number of aliphatic carboxylic acids is 1. The van der Waals surface area contributed by atoms with Crippen LogP contribution in [0.2, 0.25) is 5.02 Å². The number of nitrogens with zero attached hydrogens (tertiary/aromatic N) is 1. The molecule has 7 heteroatoms. The zero-order chi connectivity index (χ0) is 17.0. The normalized spacial score (nSPS) is 20.0. The Morgan fingerprint density at radius 2 is 2.13 bits per heavy atom. The van der Waals surface area contributed by atoms with E-state index in [1.807, 2.05) is 11.8 Å². The van der Waals surface area contributed by atoms with Crippen molar-refractivity contribution < 1.29 is 19.4 Å². The van der Waals surface area contributed by atoms with Crippen molar-refractivity contribution >= 4 is 23.5 Å². The Hall–Kier alpha value is -1.79. The molecule has 1 aliphatic carbocycles. The van der Waals surface area contributed by atoms with Crippen LogP contribution < -0.4 is 10.1 Å². The summed E-state index contributed by atoms with van der Waals surface area (Å²) in [5.41, 5.74) is 0.443. The molecule has 1 amide bonds. The maximum Gasteiger partial charge on any atom is 0.317 e. The number of likely N-dealkylation sites (N-methyl/N-ethyl adjacent to an activating group) is 1. The summed E-state index contributed by atoms with van der Waals surface area (Å²) in [5, 5.41) is 12.3. The Kier molecular flexibility index (Phi) is 5.85. The number of nitrogens with one attached hydrogen (secondary N) is 1. The first-order chi connectivity index (χ1) is 10.9. The van der Waals surface area contributed by atoms with Gasteiger partial charge in [-0.3, -0.25) is 14.5 Å². The van der Waals surface area contributed by atoms with Gasteiger partial charge >= 0.3 is 5.97 Å². The van der Waals surface area contributed by atoms with E-state index < -0.39 is 5.97 Å². The van der Waals surface area contributed by atoms with E-state index in [1.165, 1.54) is 7.11 Å². The number of carbonyl (C=O) groups excluding carboxylic acids is 1. The summed E-state index contributed by atoms with van der Waals surface area (Å²) in [6.45, 7) is 2.66. The Morgan fingerprint density at radius 3 is 2.70 bits per heavy atom. The Labute approximate surface area is 140 Å². The van der Waals surface area contributed by atoms with E-state index in [-0.39, 0.29) is 24.5 Å². The van der Waals surface area contributed by atoms with Crippen LogP contribution >= 0.6 is 11.6 Å². The molecule has 1 fully saturated rings. The topological polar surface area (TPSA) is 78.9 Å². The molecule has 0 aliphatic heterocycles. The largest absolute Gasteiger partial charge is 0.496 e. The van der Waals surface area contributed by atoms with Gasteiger partial charge < -0.3 is 15.2 Å². The van der Waals surface area contributed by atoms with E-state index in [0.29, 0.717) is 22.9 Å². The summed E-state index contributed by atoms with van der Waals surface area (Å²) in [6, 6.07) is 5.14. The predicted molar refractivity (Wildman–Crippen MR) is 87.2 cm³/mol. The quantitative estimate of drug-likeness (QED) is 0.794. The number of halogens is 1. The van der Waals surface area contributed by atoms with Gasteiger partial charge in [-0.15, -0.1) is 0 Å². The standard InChI is InChI=1S/C16H21ClN2O4/c1-3-19(9-15(20)21)12-7-11(8-12)18-16(22)13-5-4-10(17)6-14(13)23-2/h4-6,11-12H,3,7-9H2,1-2H3,(H,18,22)(H,20,21). The van der Waals surface area contributed by atoms with Crippen LogP contribution in [0.4, 0.5) is 0 Å². The first-order valence-electron chi connectivity index (χ1n) is 7.54. The second-order valence-electron chi connectivity index (χ2n) is 5.60. The molecule has 0 aromatic heterocycles. The molecule has 0 spiro atoms. The van der Waals surface area contributed by atoms with Crippen LogP contribution in [0.1, 0.15) is 30.1 Å². The first-order valence-corrected chi connectivity index (χ1v) is 7.92. The summed E-state index contributed by atoms with van der Waals surface area (Å²) in [5.74, 6) is -0.597. The zero-order valence-corrected chi connectivity index (χ0v) is 14.0. The fourth-order valence-electron chi connectivity index (χ4n) is 2.79. The van der Waals surface area contributed by atoms with Crippen LogP contribution in [0.15, 0.2) is 18.2 Å². The van der Waals surface area contributed by atoms with Crippen molar-refractivity contribution in [3.8, 4) is 5.75 Å². The molecule has 0 heterocycles. The van der Waals surface area contributed by atoms with E-state index in [1.54, 1.807) is 18.2 Å². The number of rotatable bonds is 7. The lowest BCUT2D eigenvalue weighted by molar-refractivity contribution is -0.139. The molecule has 6 nitrogen and oxygen atoms in total.